The topological polar surface area (TPSA) is 0 Å². The van der Waals surface area contributed by atoms with E-state index < -0.39 is 0 Å². The van der Waals surface area contributed by atoms with E-state index in [1.54, 1.807) is 11.3 Å². The van der Waals surface area contributed by atoms with Gasteiger partial charge in [-0.2, -0.15) is 0 Å². The van der Waals surface area contributed by atoms with Gasteiger partial charge >= 0.3 is 0 Å². The molecule has 1 aromatic carbocycles. The second-order valence-electron chi connectivity index (χ2n) is 2.77. The molecular weight excluding hydrogens is 200 g/mol. The number of rotatable bonds is 2. The lowest BCUT2D eigenvalue weighted by molar-refractivity contribution is 1.53. The zero-order valence-corrected chi connectivity index (χ0v) is 8.61. The number of halogens is 1. The van der Waals surface area contributed by atoms with Crippen LogP contribution < -0.4 is 0 Å². The summed E-state index contributed by atoms with van der Waals surface area (Å²) in [5.41, 5.74) is 1.27. The van der Waals surface area contributed by atoms with Crippen molar-refractivity contribution in [2.45, 2.75) is 5.88 Å². The van der Waals surface area contributed by atoms with Crippen molar-refractivity contribution >= 4 is 22.9 Å². The van der Waals surface area contributed by atoms with Crippen LogP contribution in [0.1, 0.15) is 4.88 Å². The predicted octanol–water partition coefficient (Wildman–Crippen LogP) is 4.15. The minimum atomic E-state index is 0.609. The third-order valence-corrected chi connectivity index (χ3v) is 3.43. The maximum atomic E-state index is 5.74. The molecule has 0 spiro atoms. The lowest BCUT2D eigenvalue weighted by Gasteiger charge is -1.94. The molecule has 0 N–H and O–H groups in total. The molecule has 0 saturated carbocycles. The van der Waals surface area contributed by atoms with Crippen LogP contribution in [0.4, 0.5) is 0 Å². The van der Waals surface area contributed by atoms with Gasteiger partial charge in [0.15, 0.2) is 0 Å². The van der Waals surface area contributed by atoms with Crippen molar-refractivity contribution in [3.05, 3.63) is 47.3 Å². The molecular formula is C11H9ClS. The van der Waals surface area contributed by atoms with Crippen molar-refractivity contribution in [2.75, 3.05) is 0 Å². The molecule has 0 atom stereocenters. The van der Waals surface area contributed by atoms with Crippen molar-refractivity contribution in [3.8, 4) is 10.4 Å². The number of alkyl halides is 1. The lowest BCUT2D eigenvalue weighted by Crippen LogP contribution is -1.67. The summed E-state index contributed by atoms with van der Waals surface area (Å²) in [5.74, 6) is 0.609. The standard InChI is InChI=1S/C11H9ClS/c12-8-10-6-7-11(13-10)9-4-2-1-3-5-9/h1-7H,8H2. The van der Waals surface area contributed by atoms with E-state index in [0.717, 1.165) is 0 Å². The smallest absolute Gasteiger partial charge is 0.0568 e. The maximum absolute atomic E-state index is 5.74. The Bertz CT molecular complexity index is 378. The molecule has 0 bridgehead atoms. The summed E-state index contributed by atoms with van der Waals surface area (Å²) in [6.45, 7) is 0. The third kappa shape index (κ3) is 1.93. The Hall–Kier alpha value is -0.790. The number of thiophene rings is 1. The normalized spacial score (nSPS) is 10.2. The van der Waals surface area contributed by atoms with Crippen LogP contribution in [0.5, 0.6) is 0 Å². The first-order chi connectivity index (χ1) is 6.40. The van der Waals surface area contributed by atoms with Crippen LogP contribution in [0.2, 0.25) is 0 Å². The van der Waals surface area contributed by atoms with Crippen LogP contribution in [0, 0.1) is 0 Å². The molecule has 0 radical (unpaired) electrons. The highest BCUT2D eigenvalue weighted by molar-refractivity contribution is 7.15. The summed E-state index contributed by atoms with van der Waals surface area (Å²) in [7, 11) is 0. The zero-order chi connectivity index (χ0) is 9.10. The van der Waals surface area contributed by atoms with E-state index in [0.29, 0.717) is 5.88 Å². The van der Waals surface area contributed by atoms with Gasteiger partial charge in [-0.3, -0.25) is 0 Å². The van der Waals surface area contributed by atoms with E-state index in [9.17, 15) is 0 Å². The summed E-state index contributed by atoms with van der Waals surface area (Å²) in [6.07, 6.45) is 0. The average Bonchev–Trinajstić information content (AvgIpc) is 2.67. The van der Waals surface area contributed by atoms with Crippen LogP contribution in [0.25, 0.3) is 10.4 Å². The van der Waals surface area contributed by atoms with Gasteiger partial charge in [-0.25, -0.2) is 0 Å². The highest BCUT2D eigenvalue weighted by Crippen LogP contribution is 2.28. The minimum Gasteiger partial charge on any atom is -0.139 e. The van der Waals surface area contributed by atoms with Gasteiger partial charge in [0.2, 0.25) is 0 Å². The number of benzene rings is 1. The Balaban J connectivity index is 2.36. The van der Waals surface area contributed by atoms with Crippen LogP contribution in [-0.2, 0) is 5.88 Å². The van der Waals surface area contributed by atoms with E-state index in [4.69, 9.17) is 11.6 Å². The van der Waals surface area contributed by atoms with Gasteiger partial charge < -0.3 is 0 Å². The minimum absolute atomic E-state index is 0.609. The number of hydrogen-bond acceptors (Lipinski definition) is 1. The molecule has 1 aromatic heterocycles. The van der Waals surface area contributed by atoms with Crippen LogP contribution in [0.15, 0.2) is 42.5 Å². The zero-order valence-electron chi connectivity index (χ0n) is 7.03. The summed E-state index contributed by atoms with van der Waals surface area (Å²) < 4.78 is 0. The Labute approximate surface area is 86.8 Å². The van der Waals surface area contributed by atoms with E-state index in [1.807, 2.05) is 6.07 Å². The first-order valence-electron chi connectivity index (χ1n) is 4.10. The average molecular weight is 209 g/mol. The summed E-state index contributed by atoms with van der Waals surface area (Å²) in [4.78, 5) is 2.51. The molecule has 0 aliphatic heterocycles. The SMILES string of the molecule is ClCc1ccc(-c2ccccc2)s1. The molecule has 2 rings (SSSR count). The Morgan fingerprint density at radius 1 is 1.00 bits per heavy atom. The molecule has 66 valence electrons. The van der Waals surface area contributed by atoms with Crippen molar-refractivity contribution in [1.82, 2.24) is 0 Å². The maximum Gasteiger partial charge on any atom is 0.0568 e. The van der Waals surface area contributed by atoms with Gasteiger partial charge in [0.25, 0.3) is 0 Å². The van der Waals surface area contributed by atoms with Crippen molar-refractivity contribution < 1.29 is 0 Å². The van der Waals surface area contributed by atoms with Crippen LogP contribution in [-0.4, -0.2) is 0 Å². The monoisotopic (exact) mass is 208 g/mol. The van der Waals surface area contributed by atoms with Gasteiger partial charge in [-0.1, -0.05) is 30.3 Å². The molecule has 1 heterocycles. The van der Waals surface area contributed by atoms with Crippen molar-refractivity contribution in [3.63, 3.8) is 0 Å². The van der Waals surface area contributed by atoms with Gasteiger partial charge in [0, 0.05) is 9.75 Å². The molecule has 0 aliphatic carbocycles. The summed E-state index contributed by atoms with van der Waals surface area (Å²) in [6, 6.07) is 14.6. The largest absolute Gasteiger partial charge is 0.139 e. The van der Waals surface area contributed by atoms with E-state index in [2.05, 4.69) is 36.4 Å². The third-order valence-electron chi connectivity index (χ3n) is 1.85. The number of hydrogen-bond donors (Lipinski definition) is 0. The van der Waals surface area contributed by atoms with Crippen molar-refractivity contribution in [1.29, 1.82) is 0 Å². The van der Waals surface area contributed by atoms with Crippen LogP contribution in [0.3, 0.4) is 0 Å². The molecule has 0 amide bonds. The predicted molar refractivity (Wildman–Crippen MR) is 59.3 cm³/mol. The van der Waals surface area contributed by atoms with Gasteiger partial charge in [0.1, 0.15) is 0 Å². The van der Waals surface area contributed by atoms with E-state index in [-0.39, 0.29) is 0 Å². The quantitative estimate of drug-likeness (QED) is 0.651. The Morgan fingerprint density at radius 2 is 1.77 bits per heavy atom. The molecule has 0 unspecified atom stereocenters. The van der Waals surface area contributed by atoms with Gasteiger partial charge in [-0.05, 0) is 17.7 Å². The molecule has 0 nitrogen and oxygen atoms in total. The van der Waals surface area contributed by atoms with Gasteiger partial charge in [0.05, 0.1) is 5.88 Å². The Morgan fingerprint density at radius 3 is 2.38 bits per heavy atom. The summed E-state index contributed by atoms with van der Waals surface area (Å²) in [5, 5.41) is 0. The molecule has 2 heteroatoms. The molecule has 0 aliphatic rings. The molecule has 0 fully saturated rings. The first-order valence-corrected chi connectivity index (χ1v) is 5.45. The Kier molecular flexibility index (Phi) is 2.67. The summed E-state index contributed by atoms with van der Waals surface area (Å²) >= 11 is 7.49. The second-order valence-corrected chi connectivity index (χ2v) is 4.20. The molecule has 2 aromatic rings. The van der Waals surface area contributed by atoms with Crippen molar-refractivity contribution in [2.24, 2.45) is 0 Å². The van der Waals surface area contributed by atoms with Crippen LogP contribution >= 0.6 is 22.9 Å². The highest BCUT2D eigenvalue weighted by atomic mass is 35.5. The molecule has 0 saturated heterocycles. The fourth-order valence-electron chi connectivity index (χ4n) is 1.21. The fourth-order valence-corrected chi connectivity index (χ4v) is 2.32. The first kappa shape index (κ1) is 8.79. The van der Waals surface area contributed by atoms with E-state index >= 15 is 0 Å². The van der Waals surface area contributed by atoms with E-state index in [1.165, 1.54) is 15.3 Å². The fraction of sp³-hybridized carbons (Fsp3) is 0.0909. The molecule has 13 heavy (non-hydrogen) atoms. The highest BCUT2D eigenvalue weighted by Gasteiger charge is 2.00. The van der Waals surface area contributed by atoms with Gasteiger partial charge in [-0.15, -0.1) is 22.9 Å². The lowest BCUT2D eigenvalue weighted by atomic mass is 10.2. The second kappa shape index (κ2) is 3.95.